The summed E-state index contributed by atoms with van der Waals surface area (Å²) in [5.74, 6) is -0.831. The Hall–Kier alpha value is -1.14. The number of hydrogen-bond acceptors (Lipinski definition) is 4. The maximum atomic E-state index is 12.3. The fourth-order valence-corrected chi connectivity index (χ4v) is 2.29. The number of hydrogen-bond donors (Lipinski definition) is 3. The molecule has 1 atom stereocenters. The molecule has 0 saturated carbocycles. The van der Waals surface area contributed by atoms with E-state index < -0.39 is 11.4 Å². The highest BCUT2D eigenvalue weighted by Crippen LogP contribution is 2.29. The van der Waals surface area contributed by atoms with Gasteiger partial charge >= 0.3 is 5.97 Å². The lowest BCUT2D eigenvalue weighted by Crippen LogP contribution is -2.51. The van der Waals surface area contributed by atoms with Gasteiger partial charge in [0.2, 0.25) is 5.91 Å². The summed E-state index contributed by atoms with van der Waals surface area (Å²) in [6.07, 6.45) is 2.66. The van der Waals surface area contributed by atoms with Gasteiger partial charge < -0.3 is 20.9 Å². The zero-order valence-electron chi connectivity index (χ0n) is 11.5. The van der Waals surface area contributed by atoms with Crippen molar-refractivity contribution < 1.29 is 19.4 Å². The summed E-state index contributed by atoms with van der Waals surface area (Å²) in [6, 6.07) is -0.0295. The van der Waals surface area contributed by atoms with E-state index in [1.807, 2.05) is 6.92 Å². The Balaban J connectivity index is 2.41. The minimum Gasteiger partial charge on any atom is -0.481 e. The average molecular weight is 272 g/mol. The van der Waals surface area contributed by atoms with Gasteiger partial charge in [-0.3, -0.25) is 9.59 Å². The molecule has 1 saturated heterocycles. The number of aliphatic carboxylic acids is 1. The van der Waals surface area contributed by atoms with Gasteiger partial charge in [0.05, 0.1) is 5.41 Å². The highest BCUT2D eigenvalue weighted by atomic mass is 16.5. The van der Waals surface area contributed by atoms with Crippen LogP contribution in [0.1, 0.15) is 39.0 Å². The molecule has 1 amide bonds. The first-order valence-electron chi connectivity index (χ1n) is 6.81. The summed E-state index contributed by atoms with van der Waals surface area (Å²) in [5, 5.41) is 11.5. The molecule has 6 nitrogen and oxygen atoms in total. The number of rotatable bonds is 7. The van der Waals surface area contributed by atoms with Gasteiger partial charge in [-0.05, 0) is 32.6 Å². The molecule has 4 N–H and O–H groups in total. The highest BCUT2D eigenvalue weighted by molar-refractivity contribution is 5.83. The third-order valence-corrected chi connectivity index (χ3v) is 3.73. The van der Waals surface area contributed by atoms with Crippen molar-refractivity contribution >= 4 is 11.9 Å². The van der Waals surface area contributed by atoms with E-state index in [9.17, 15) is 9.59 Å². The highest BCUT2D eigenvalue weighted by Gasteiger charge is 2.39. The van der Waals surface area contributed by atoms with Gasteiger partial charge in [0.15, 0.2) is 0 Å². The molecule has 0 aromatic carbocycles. The largest absolute Gasteiger partial charge is 0.481 e. The Kier molecular flexibility index (Phi) is 6.24. The standard InChI is InChI=1S/C13H24N2O4/c1-10(3-2-4-11(16)17)15-12(18)13(9-14)5-7-19-8-6-13/h10H,2-9,14H2,1H3,(H,15,18)(H,16,17). The average Bonchev–Trinajstić information content (AvgIpc) is 2.39. The zero-order chi connectivity index (χ0) is 14.3. The van der Waals surface area contributed by atoms with Crippen molar-refractivity contribution in [1.82, 2.24) is 5.32 Å². The molecule has 0 aromatic rings. The number of carboxylic acid groups (broad SMARTS) is 1. The maximum Gasteiger partial charge on any atom is 0.303 e. The second-order valence-electron chi connectivity index (χ2n) is 5.26. The van der Waals surface area contributed by atoms with Crippen LogP contribution in [-0.4, -0.2) is 42.8 Å². The topological polar surface area (TPSA) is 102 Å². The third-order valence-electron chi connectivity index (χ3n) is 3.73. The van der Waals surface area contributed by atoms with Gasteiger partial charge in [-0.1, -0.05) is 0 Å². The molecule has 1 rings (SSSR count). The second kappa shape index (κ2) is 7.45. The number of nitrogens with one attached hydrogen (secondary N) is 1. The lowest BCUT2D eigenvalue weighted by atomic mass is 9.79. The van der Waals surface area contributed by atoms with Crippen LogP contribution in [0.3, 0.4) is 0 Å². The molecule has 0 aromatic heterocycles. The first-order valence-corrected chi connectivity index (χ1v) is 6.81. The van der Waals surface area contributed by atoms with Crippen LogP contribution in [0.4, 0.5) is 0 Å². The molecular formula is C13H24N2O4. The van der Waals surface area contributed by atoms with Crippen LogP contribution in [0.2, 0.25) is 0 Å². The smallest absolute Gasteiger partial charge is 0.303 e. The van der Waals surface area contributed by atoms with Crippen molar-refractivity contribution in [2.75, 3.05) is 19.8 Å². The van der Waals surface area contributed by atoms with Crippen molar-refractivity contribution in [3.05, 3.63) is 0 Å². The molecule has 1 heterocycles. The quantitative estimate of drug-likeness (QED) is 0.626. The van der Waals surface area contributed by atoms with Crippen LogP contribution in [0.25, 0.3) is 0 Å². The molecule has 19 heavy (non-hydrogen) atoms. The summed E-state index contributed by atoms with van der Waals surface area (Å²) >= 11 is 0. The summed E-state index contributed by atoms with van der Waals surface area (Å²) in [6.45, 7) is 3.35. The van der Waals surface area contributed by atoms with Crippen LogP contribution >= 0.6 is 0 Å². The van der Waals surface area contributed by atoms with E-state index in [0.29, 0.717) is 45.4 Å². The molecule has 1 unspecified atom stereocenters. The van der Waals surface area contributed by atoms with E-state index in [0.717, 1.165) is 0 Å². The molecule has 1 aliphatic heterocycles. The number of carbonyl (C=O) groups is 2. The van der Waals surface area contributed by atoms with Crippen molar-refractivity contribution in [3.63, 3.8) is 0 Å². The van der Waals surface area contributed by atoms with E-state index in [-0.39, 0.29) is 18.4 Å². The van der Waals surface area contributed by atoms with E-state index in [1.54, 1.807) is 0 Å². The maximum absolute atomic E-state index is 12.3. The number of nitrogens with two attached hydrogens (primary N) is 1. The van der Waals surface area contributed by atoms with Gasteiger partial charge in [-0.15, -0.1) is 0 Å². The number of carbonyl (C=O) groups excluding carboxylic acids is 1. The Labute approximate surface area is 113 Å². The number of carboxylic acids is 1. The van der Waals surface area contributed by atoms with Gasteiger partial charge in [0.25, 0.3) is 0 Å². The van der Waals surface area contributed by atoms with E-state index in [2.05, 4.69) is 5.32 Å². The van der Waals surface area contributed by atoms with E-state index in [4.69, 9.17) is 15.6 Å². The summed E-state index contributed by atoms with van der Waals surface area (Å²) in [4.78, 5) is 22.7. The van der Waals surface area contributed by atoms with Crippen molar-refractivity contribution in [3.8, 4) is 0 Å². The van der Waals surface area contributed by atoms with Crippen molar-refractivity contribution in [1.29, 1.82) is 0 Å². The number of amides is 1. The summed E-state index contributed by atoms with van der Waals surface area (Å²) < 4.78 is 5.27. The Morgan fingerprint density at radius 2 is 2.05 bits per heavy atom. The predicted molar refractivity (Wildman–Crippen MR) is 70.6 cm³/mol. The molecule has 1 fully saturated rings. The summed E-state index contributed by atoms with van der Waals surface area (Å²) in [7, 11) is 0. The Morgan fingerprint density at radius 3 is 2.58 bits per heavy atom. The lowest BCUT2D eigenvalue weighted by molar-refractivity contribution is -0.137. The molecule has 0 aliphatic carbocycles. The third kappa shape index (κ3) is 4.80. The first-order chi connectivity index (χ1) is 9.00. The minimum atomic E-state index is -0.804. The van der Waals surface area contributed by atoms with Crippen LogP contribution in [0.5, 0.6) is 0 Å². The van der Waals surface area contributed by atoms with E-state index >= 15 is 0 Å². The fourth-order valence-electron chi connectivity index (χ4n) is 2.29. The molecule has 0 radical (unpaired) electrons. The Bertz CT molecular complexity index is 314. The predicted octanol–water partition coefficient (Wildman–Crippen LogP) is 0.502. The monoisotopic (exact) mass is 272 g/mol. The van der Waals surface area contributed by atoms with Crippen LogP contribution in [0, 0.1) is 5.41 Å². The van der Waals surface area contributed by atoms with Gasteiger partial charge in [0, 0.05) is 32.2 Å². The van der Waals surface area contributed by atoms with Crippen LogP contribution in [-0.2, 0) is 14.3 Å². The first kappa shape index (κ1) is 15.9. The molecule has 0 bridgehead atoms. The molecule has 110 valence electrons. The second-order valence-corrected chi connectivity index (χ2v) is 5.26. The molecule has 0 spiro atoms. The van der Waals surface area contributed by atoms with Crippen LogP contribution in [0.15, 0.2) is 0 Å². The molecule has 6 heteroatoms. The zero-order valence-corrected chi connectivity index (χ0v) is 11.5. The van der Waals surface area contributed by atoms with Crippen LogP contribution < -0.4 is 11.1 Å². The van der Waals surface area contributed by atoms with E-state index in [1.165, 1.54) is 0 Å². The molecular weight excluding hydrogens is 248 g/mol. The SMILES string of the molecule is CC(CCCC(=O)O)NC(=O)C1(CN)CCOCC1. The minimum absolute atomic E-state index is 0.0267. The summed E-state index contributed by atoms with van der Waals surface area (Å²) in [5.41, 5.74) is 5.25. The van der Waals surface area contributed by atoms with Crippen molar-refractivity contribution in [2.45, 2.75) is 45.1 Å². The van der Waals surface area contributed by atoms with Gasteiger partial charge in [0.1, 0.15) is 0 Å². The van der Waals surface area contributed by atoms with Gasteiger partial charge in [-0.25, -0.2) is 0 Å². The number of ether oxygens (including phenoxy) is 1. The van der Waals surface area contributed by atoms with Crippen molar-refractivity contribution in [2.24, 2.45) is 11.1 Å². The fraction of sp³-hybridized carbons (Fsp3) is 0.846. The Morgan fingerprint density at radius 1 is 1.42 bits per heavy atom. The lowest BCUT2D eigenvalue weighted by Gasteiger charge is -2.35. The normalized spacial score (nSPS) is 19.7. The molecule has 1 aliphatic rings. The van der Waals surface area contributed by atoms with Gasteiger partial charge in [-0.2, -0.15) is 0 Å².